The van der Waals surface area contributed by atoms with Crippen molar-refractivity contribution < 1.29 is 34.8 Å². The molecular weight excluding hydrogens is 432 g/mol. The molecule has 5 N–H and O–H groups in total. The number of hydrogen-bond acceptors (Lipinski definition) is 7. The number of hydrogen-bond donors (Lipinski definition) is 5. The van der Waals surface area contributed by atoms with Crippen LogP contribution in [0.1, 0.15) is 35.9 Å². The molecule has 3 saturated heterocycles. The Morgan fingerprint density at radius 2 is 1.76 bits per heavy atom. The summed E-state index contributed by atoms with van der Waals surface area (Å²) in [6.07, 6.45) is 1.35. The van der Waals surface area contributed by atoms with Gasteiger partial charge in [0.2, 0.25) is 0 Å². The van der Waals surface area contributed by atoms with Gasteiger partial charge in [-0.3, -0.25) is 4.79 Å². The summed E-state index contributed by atoms with van der Waals surface area (Å²) in [6.45, 7) is 5.11. The van der Waals surface area contributed by atoms with Crippen molar-refractivity contribution in [3.8, 4) is 11.8 Å². The Morgan fingerprint density at radius 1 is 1.12 bits per heavy atom. The molecule has 0 spiro atoms. The van der Waals surface area contributed by atoms with E-state index in [1.165, 1.54) is 25.9 Å². The fourth-order valence-corrected chi connectivity index (χ4v) is 3.99. The van der Waals surface area contributed by atoms with Crippen molar-refractivity contribution in [1.82, 2.24) is 19.6 Å². The van der Waals surface area contributed by atoms with E-state index in [0.29, 0.717) is 11.6 Å². The zero-order valence-corrected chi connectivity index (χ0v) is 18.0. The first kappa shape index (κ1) is 24.2. The van der Waals surface area contributed by atoms with E-state index in [0.717, 1.165) is 17.8 Å². The molecule has 3 fully saturated rings. The number of piperidine rings is 3. The maximum atomic E-state index is 12.6. The maximum Gasteiger partial charge on any atom is 0.335 e. The summed E-state index contributed by atoms with van der Waals surface area (Å²) in [7, 11) is 0. The average molecular weight is 458 g/mol. The number of carbonyl (C=O) groups is 3. The van der Waals surface area contributed by atoms with Gasteiger partial charge in [-0.2, -0.15) is 0 Å². The Morgan fingerprint density at radius 3 is 2.27 bits per heavy atom. The van der Waals surface area contributed by atoms with Gasteiger partial charge >= 0.3 is 11.9 Å². The van der Waals surface area contributed by atoms with E-state index in [2.05, 4.69) is 27.0 Å². The molecule has 3 aliphatic rings. The van der Waals surface area contributed by atoms with Crippen LogP contribution in [0.5, 0.6) is 0 Å². The Hall–Kier alpha value is -3.46. The van der Waals surface area contributed by atoms with Gasteiger partial charge in [0.25, 0.3) is 5.91 Å². The molecule has 2 bridgehead atoms. The summed E-state index contributed by atoms with van der Waals surface area (Å²) in [6, 6.07) is 4.16. The number of aromatic nitrogens is 2. The first-order valence-electron chi connectivity index (χ1n) is 10.5. The zero-order chi connectivity index (χ0) is 24.1. The molecule has 0 radical (unpaired) electrons. The third-order valence-electron chi connectivity index (χ3n) is 5.80. The number of rotatable bonds is 5. The molecule has 2 aromatic heterocycles. The van der Waals surface area contributed by atoms with E-state index >= 15 is 0 Å². The van der Waals surface area contributed by atoms with Crippen molar-refractivity contribution in [2.45, 2.75) is 38.0 Å². The molecule has 0 aliphatic carbocycles. The molecule has 1 amide bonds. The Balaban J connectivity index is 0.000000262. The molecule has 0 aromatic carbocycles. The number of aliphatic carboxylic acids is 2. The van der Waals surface area contributed by atoms with Crippen LogP contribution in [0.4, 0.5) is 0 Å². The highest BCUT2D eigenvalue weighted by Crippen LogP contribution is 2.27. The van der Waals surface area contributed by atoms with Gasteiger partial charge in [-0.15, -0.1) is 0 Å². The van der Waals surface area contributed by atoms with Crippen molar-refractivity contribution in [2.24, 2.45) is 5.92 Å². The first-order valence-corrected chi connectivity index (χ1v) is 10.5. The minimum Gasteiger partial charge on any atom is -0.479 e. The van der Waals surface area contributed by atoms with E-state index in [4.69, 9.17) is 20.4 Å². The second-order valence-corrected chi connectivity index (χ2v) is 7.95. The smallest absolute Gasteiger partial charge is 0.335 e. The lowest BCUT2D eigenvalue weighted by Gasteiger charge is -2.44. The standard InChI is InChI=1S/C18H20N4O.C4H6O6/c1-2-3-14-4-5-15-10-19-17(12-22(14)15)18(23)20-16-11-21-8-6-13(16)7-9-21;5-1(3(7)8)2(6)4(9)10/h4-5,10,12-13,16H,6-9,11H2,1H3,(H,20,23);1-2,5-6H,(H,7,8)(H,9,10)/t16-;/m0./s1. The number of fused-ring (bicyclic) bond motifs is 4. The van der Waals surface area contributed by atoms with Gasteiger partial charge in [-0.25, -0.2) is 14.6 Å². The highest BCUT2D eigenvalue weighted by Gasteiger charge is 2.35. The predicted molar refractivity (Wildman–Crippen MR) is 115 cm³/mol. The predicted octanol–water partition coefficient (Wildman–Crippen LogP) is -0.593. The summed E-state index contributed by atoms with van der Waals surface area (Å²) < 4.78 is 1.93. The minimum absolute atomic E-state index is 0.0882. The van der Waals surface area contributed by atoms with Crippen LogP contribution in [-0.4, -0.2) is 90.4 Å². The van der Waals surface area contributed by atoms with Gasteiger partial charge < -0.3 is 35.0 Å². The summed E-state index contributed by atoms with van der Waals surface area (Å²) in [5.74, 6) is 2.93. The van der Waals surface area contributed by atoms with Crippen LogP contribution in [0.25, 0.3) is 5.52 Å². The van der Waals surface area contributed by atoms with E-state index in [1.807, 2.05) is 23.5 Å². The number of carbonyl (C=O) groups excluding carboxylic acids is 1. The van der Waals surface area contributed by atoms with Crippen molar-refractivity contribution in [3.63, 3.8) is 0 Å². The van der Waals surface area contributed by atoms with E-state index in [1.54, 1.807) is 12.4 Å². The van der Waals surface area contributed by atoms with E-state index < -0.39 is 24.1 Å². The number of aliphatic hydroxyl groups excluding tert-OH is 2. The largest absolute Gasteiger partial charge is 0.479 e. The van der Waals surface area contributed by atoms with Crippen LogP contribution < -0.4 is 5.32 Å². The molecule has 3 aliphatic heterocycles. The molecule has 11 heteroatoms. The number of aliphatic hydroxyl groups is 2. The Bertz CT molecular complexity index is 1080. The van der Waals surface area contributed by atoms with Gasteiger partial charge in [0.15, 0.2) is 12.2 Å². The SMILES string of the molecule is CC#Cc1ccc2cnc(C(=O)N[C@H]3CN4CCC3CC4)cn12.O=C(O)C(O)C(O)C(=O)O. The number of nitrogens with zero attached hydrogens (tertiary/aromatic N) is 3. The lowest BCUT2D eigenvalue weighted by atomic mass is 9.84. The number of carboxylic acids is 2. The summed E-state index contributed by atoms with van der Waals surface area (Å²) in [5.41, 5.74) is 2.27. The van der Waals surface area contributed by atoms with Gasteiger partial charge in [-0.1, -0.05) is 5.92 Å². The van der Waals surface area contributed by atoms with E-state index in [9.17, 15) is 14.4 Å². The Labute approximate surface area is 189 Å². The highest BCUT2D eigenvalue weighted by molar-refractivity contribution is 5.92. The topological polar surface area (TPSA) is 165 Å². The molecular formula is C22H26N4O7. The van der Waals surface area contributed by atoms with Gasteiger partial charge in [0, 0.05) is 18.8 Å². The van der Waals surface area contributed by atoms with Crippen LogP contribution in [0.15, 0.2) is 24.5 Å². The molecule has 3 atom stereocenters. The molecule has 33 heavy (non-hydrogen) atoms. The summed E-state index contributed by atoms with van der Waals surface area (Å²) >= 11 is 0. The fraction of sp³-hybridized carbons (Fsp3) is 0.455. The summed E-state index contributed by atoms with van der Waals surface area (Å²) in [4.78, 5) is 38.9. The molecule has 5 rings (SSSR count). The van der Waals surface area contributed by atoms with Gasteiger partial charge in [-0.05, 0) is 56.8 Å². The van der Waals surface area contributed by atoms with Crippen LogP contribution in [-0.2, 0) is 9.59 Å². The van der Waals surface area contributed by atoms with Crippen molar-refractivity contribution in [3.05, 3.63) is 35.9 Å². The second kappa shape index (κ2) is 10.4. The van der Waals surface area contributed by atoms with Crippen molar-refractivity contribution >= 4 is 23.4 Å². The summed E-state index contributed by atoms with van der Waals surface area (Å²) in [5, 5.41) is 35.7. The highest BCUT2D eigenvalue weighted by atomic mass is 16.4. The van der Waals surface area contributed by atoms with Crippen LogP contribution in [0, 0.1) is 17.8 Å². The fourth-order valence-electron chi connectivity index (χ4n) is 3.99. The number of carboxylic acid groups (broad SMARTS) is 2. The van der Waals surface area contributed by atoms with Crippen LogP contribution >= 0.6 is 0 Å². The van der Waals surface area contributed by atoms with E-state index in [-0.39, 0.29) is 11.9 Å². The van der Waals surface area contributed by atoms with Gasteiger partial charge in [0.1, 0.15) is 5.69 Å². The number of amides is 1. The molecule has 5 heterocycles. The van der Waals surface area contributed by atoms with Crippen molar-refractivity contribution in [1.29, 1.82) is 0 Å². The quantitative estimate of drug-likeness (QED) is 0.368. The zero-order valence-electron chi connectivity index (χ0n) is 18.0. The molecule has 2 unspecified atom stereocenters. The number of nitrogens with one attached hydrogen (secondary N) is 1. The Kier molecular flexibility index (Phi) is 7.65. The maximum absolute atomic E-state index is 12.6. The average Bonchev–Trinajstić information content (AvgIpc) is 3.21. The third-order valence-corrected chi connectivity index (χ3v) is 5.80. The minimum atomic E-state index is -2.27. The van der Waals surface area contributed by atoms with Crippen molar-refractivity contribution in [2.75, 3.05) is 19.6 Å². The molecule has 0 saturated carbocycles. The molecule has 11 nitrogen and oxygen atoms in total. The third kappa shape index (κ3) is 5.67. The van der Waals surface area contributed by atoms with Gasteiger partial charge in [0.05, 0.1) is 17.4 Å². The lowest BCUT2D eigenvalue weighted by Crippen LogP contribution is -2.57. The second-order valence-electron chi connectivity index (χ2n) is 7.95. The monoisotopic (exact) mass is 458 g/mol. The lowest BCUT2D eigenvalue weighted by molar-refractivity contribution is -0.165. The van der Waals surface area contributed by atoms with Crippen LogP contribution in [0.3, 0.4) is 0 Å². The first-order chi connectivity index (χ1) is 15.7. The molecule has 2 aromatic rings. The normalized spacial score (nSPS) is 22.8. The molecule has 176 valence electrons. The van der Waals surface area contributed by atoms with Crippen LogP contribution in [0.2, 0.25) is 0 Å².